The van der Waals surface area contributed by atoms with Crippen molar-refractivity contribution in [1.29, 1.82) is 0 Å². The molecule has 2 rings (SSSR count). The van der Waals surface area contributed by atoms with Gasteiger partial charge in [0.2, 0.25) is 0 Å². The number of nitrogens with zero attached hydrogens (tertiary/aromatic N) is 2. The standard InChI is InChI=1S/C16H11Cl3N4O4/c17-12-4-2-11(23(26)27)5-10(12)7-21-22-15(24)8-20-16(25)9-1-3-13(18)14(19)6-9/h1-7H,8H2,(H,20,25)(H,22,24)/b21-7+. The van der Waals surface area contributed by atoms with E-state index in [9.17, 15) is 19.7 Å². The third-order valence-electron chi connectivity index (χ3n) is 3.17. The second kappa shape index (κ2) is 9.31. The highest BCUT2D eigenvalue weighted by Crippen LogP contribution is 2.22. The SMILES string of the molecule is O=C(CNC(=O)c1ccc(Cl)c(Cl)c1)N/N=C/c1cc([N+](=O)[O-])ccc1Cl. The largest absolute Gasteiger partial charge is 0.343 e. The maximum Gasteiger partial charge on any atom is 0.270 e. The van der Waals surface area contributed by atoms with E-state index >= 15 is 0 Å². The molecule has 2 aromatic carbocycles. The molecule has 2 N–H and O–H groups in total. The number of nitro benzene ring substituents is 1. The Labute approximate surface area is 168 Å². The molecule has 0 aliphatic carbocycles. The van der Waals surface area contributed by atoms with Crippen molar-refractivity contribution < 1.29 is 14.5 Å². The van der Waals surface area contributed by atoms with Gasteiger partial charge in [0, 0.05) is 28.3 Å². The van der Waals surface area contributed by atoms with Gasteiger partial charge in [-0.2, -0.15) is 5.10 Å². The molecule has 0 atom stereocenters. The molecule has 0 aliphatic rings. The minimum Gasteiger partial charge on any atom is -0.343 e. The minimum atomic E-state index is -0.610. The molecule has 2 amide bonds. The zero-order chi connectivity index (χ0) is 20.0. The van der Waals surface area contributed by atoms with Gasteiger partial charge in [-0.05, 0) is 24.3 Å². The van der Waals surface area contributed by atoms with E-state index < -0.39 is 16.7 Å². The van der Waals surface area contributed by atoms with Crippen LogP contribution in [0.15, 0.2) is 41.5 Å². The van der Waals surface area contributed by atoms with Gasteiger partial charge in [0.1, 0.15) is 0 Å². The Hall–Kier alpha value is -2.68. The van der Waals surface area contributed by atoms with Crippen molar-refractivity contribution in [2.24, 2.45) is 5.10 Å². The molecule has 0 bridgehead atoms. The molecule has 0 heterocycles. The molecule has 0 fully saturated rings. The van der Waals surface area contributed by atoms with Crippen LogP contribution < -0.4 is 10.7 Å². The summed E-state index contributed by atoms with van der Waals surface area (Å²) in [5, 5.41) is 17.5. The first-order valence-corrected chi connectivity index (χ1v) is 8.40. The fourth-order valence-corrected chi connectivity index (χ4v) is 2.32. The van der Waals surface area contributed by atoms with Gasteiger partial charge in [0.25, 0.3) is 17.5 Å². The molecule has 2 aromatic rings. The molecule has 0 spiro atoms. The van der Waals surface area contributed by atoms with Crippen LogP contribution in [0.1, 0.15) is 15.9 Å². The highest BCUT2D eigenvalue weighted by Gasteiger charge is 2.10. The zero-order valence-electron chi connectivity index (χ0n) is 13.4. The average Bonchev–Trinajstić information content (AvgIpc) is 2.63. The van der Waals surface area contributed by atoms with Crippen LogP contribution in [0.2, 0.25) is 15.1 Å². The maximum atomic E-state index is 11.9. The number of halogens is 3. The second-order valence-electron chi connectivity index (χ2n) is 5.07. The maximum absolute atomic E-state index is 11.9. The van der Waals surface area contributed by atoms with Crippen LogP contribution in [-0.2, 0) is 4.79 Å². The van der Waals surface area contributed by atoms with Crippen molar-refractivity contribution in [1.82, 2.24) is 10.7 Å². The molecule has 0 unspecified atom stereocenters. The number of hydrogen-bond donors (Lipinski definition) is 2. The summed E-state index contributed by atoms with van der Waals surface area (Å²) in [5.41, 5.74) is 2.50. The van der Waals surface area contributed by atoms with Crippen LogP contribution in [0.3, 0.4) is 0 Å². The number of carbonyl (C=O) groups is 2. The van der Waals surface area contributed by atoms with Gasteiger partial charge in [-0.1, -0.05) is 34.8 Å². The lowest BCUT2D eigenvalue weighted by Gasteiger charge is -2.05. The molecule has 11 heteroatoms. The summed E-state index contributed by atoms with van der Waals surface area (Å²) in [6, 6.07) is 8.11. The zero-order valence-corrected chi connectivity index (χ0v) is 15.7. The van der Waals surface area contributed by atoms with Crippen molar-refractivity contribution in [2.75, 3.05) is 6.54 Å². The van der Waals surface area contributed by atoms with Gasteiger partial charge in [-0.3, -0.25) is 19.7 Å². The number of carbonyl (C=O) groups excluding carboxylic acids is 2. The number of rotatable bonds is 6. The first kappa shape index (κ1) is 20.6. The minimum absolute atomic E-state index is 0.166. The summed E-state index contributed by atoms with van der Waals surface area (Å²) in [6.45, 7) is -0.348. The van der Waals surface area contributed by atoms with Crippen LogP contribution in [0.4, 0.5) is 5.69 Å². The van der Waals surface area contributed by atoms with Crippen LogP contribution >= 0.6 is 34.8 Å². The van der Waals surface area contributed by atoms with Crippen molar-refractivity contribution >= 4 is 58.5 Å². The van der Waals surface area contributed by atoms with E-state index in [1.165, 1.54) is 36.4 Å². The summed E-state index contributed by atoms with van der Waals surface area (Å²) >= 11 is 17.5. The van der Waals surface area contributed by atoms with Crippen LogP contribution in [0.5, 0.6) is 0 Å². The van der Waals surface area contributed by atoms with E-state index in [2.05, 4.69) is 15.8 Å². The molecule has 0 saturated heterocycles. The van der Waals surface area contributed by atoms with E-state index in [0.29, 0.717) is 5.02 Å². The molecule has 140 valence electrons. The number of nitro groups is 1. The fourth-order valence-electron chi connectivity index (χ4n) is 1.86. The van der Waals surface area contributed by atoms with Crippen LogP contribution in [-0.4, -0.2) is 29.5 Å². The van der Waals surface area contributed by atoms with Crippen LogP contribution in [0, 0.1) is 10.1 Å². The Morgan fingerprint density at radius 2 is 1.78 bits per heavy atom. The normalized spacial score (nSPS) is 10.6. The second-order valence-corrected chi connectivity index (χ2v) is 6.29. The Morgan fingerprint density at radius 1 is 1.07 bits per heavy atom. The van der Waals surface area contributed by atoms with Crippen LogP contribution in [0.25, 0.3) is 0 Å². The van der Waals surface area contributed by atoms with Crippen molar-refractivity contribution in [2.45, 2.75) is 0 Å². The van der Waals surface area contributed by atoms with E-state index in [4.69, 9.17) is 34.8 Å². The molecule has 0 aromatic heterocycles. The molecule has 0 saturated carbocycles. The summed E-state index contributed by atoms with van der Waals surface area (Å²) < 4.78 is 0. The Kier molecular flexibility index (Phi) is 7.12. The first-order chi connectivity index (χ1) is 12.8. The number of benzene rings is 2. The number of non-ortho nitro benzene ring substituents is 1. The summed E-state index contributed by atoms with van der Waals surface area (Å²) in [7, 11) is 0. The summed E-state index contributed by atoms with van der Waals surface area (Å²) in [6.07, 6.45) is 1.16. The lowest BCUT2D eigenvalue weighted by atomic mass is 10.2. The molecule has 0 aliphatic heterocycles. The van der Waals surface area contributed by atoms with Gasteiger partial charge >= 0.3 is 0 Å². The fraction of sp³-hybridized carbons (Fsp3) is 0.0625. The predicted octanol–water partition coefficient (Wildman–Crippen LogP) is 3.44. The topological polar surface area (TPSA) is 114 Å². The lowest BCUT2D eigenvalue weighted by molar-refractivity contribution is -0.384. The van der Waals surface area contributed by atoms with Crippen molar-refractivity contribution in [3.8, 4) is 0 Å². The Morgan fingerprint density at radius 3 is 2.44 bits per heavy atom. The Bertz CT molecular complexity index is 934. The van der Waals surface area contributed by atoms with Crippen molar-refractivity contribution in [3.63, 3.8) is 0 Å². The highest BCUT2D eigenvalue weighted by molar-refractivity contribution is 6.42. The smallest absolute Gasteiger partial charge is 0.270 e. The number of amides is 2. The number of nitrogens with one attached hydrogen (secondary N) is 2. The molecule has 0 radical (unpaired) electrons. The van der Waals surface area contributed by atoms with E-state index in [0.717, 1.165) is 6.21 Å². The lowest BCUT2D eigenvalue weighted by Crippen LogP contribution is -2.34. The van der Waals surface area contributed by atoms with Gasteiger partial charge in [-0.25, -0.2) is 5.43 Å². The van der Waals surface area contributed by atoms with E-state index in [1.54, 1.807) is 0 Å². The Balaban J connectivity index is 1.90. The van der Waals surface area contributed by atoms with Gasteiger partial charge < -0.3 is 5.32 Å². The predicted molar refractivity (Wildman–Crippen MR) is 103 cm³/mol. The quantitative estimate of drug-likeness (QED) is 0.416. The summed E-state index contributed by atoms with van der Waals surface area (Å²) in [5.74, 6) is -1.13. The molecule has 8 nitrogen and oxygen atoms in total. The molecular weight excluding hydrogens is 419 g/mol. The average molecular weight is 430 g/mol. The third kappa shape index (κ3) is 5.92. The van der Waals surface area contributed by atoms with Gasteiger partial charge in [0.05, 0.1) is 27.7 Å². The highest BCUT2D eigenvalue weighted by atomic mass is 35.5. The van der Waals surface area contributed by atoms with Crippen molar-refractivity contribution in [3.05, 3.63) is 72.7 Å². The summed E-state index contributed by atoms with van der Waals surface area (Å²) in [4.78, 5) is 33.8. The number of hydrogen-bond acceptors (Lipinski definition) is 5. The third-order valence-corrected chi connectivity index (χ3v) is 4.26. The van der Waals surface area contributed by atoms with Gasteiger partial charge in [-0.15, -0.1) is 0 Å². The monoisotopic (exact) mass is 428 g/mol. The molecule has 27 heavy (non-hydrogen) atoms. The first-order valence-electron chi connectivity index (χ1n) is 7.27. The van der Waals surface area contributed by atoms with Gasteiger partial charge in [0.15, 0.2) is 0 Å². The molecular formula is C16H11Cl3N4O4. The van der Waals surface area contributed by atoms with E-state index in [1.807, 2.05) is 0 Å². The van der Waals surface area contributed by atoms with E-state index in [-0.39, 0.29) is 33.4 Å². The number of hydrazone groups is 1.